The topological polar surface area (TPSA) is 24.9 Å². The van der Waals surface area contributed by atoms with E-state index in [0.29, 0.717) is 0 Å². The van der Waals surface area contributed by atoms with Crippen molar-refractivity contribution < 1.29 is 9.47 Å². The summed E-state index contributed by atoms with van der Waals surface area (Å²) < 4.78 is 14.4. The zero-order valence-electron chi connectivity index (χ0n) is 60.7. The summed E-state index contributed by atoms with van der Waals surface area (Å²) in [7, 11) is 0. The van der Waals surface area contributed by atoms with Crippen LogP contribution in [0.4, 0.5) is 34.1 Å². The van der Waals surface area contributed by atoms with Crippen molar-refractivity contribution in [3.8, 4) is 23.0 Å². The lowest BCUT2D eigenvalue weighted by Gasteiger charge is -2.46. The molecule has 0 aromatic heterocycles. The molecule has 0 N–H and O–H groups in total. The Morgan fingerprint density at radius 2 is 0.543 bits per heavy atom. The van der Waals surface area contributed by atoms with Crippen LogP contribution in [-0.2, 0) is 43.3 Å². The van der Waals surface area contributed by atoms with Gasteiger partial charge in [0.05, 0.1) is 0 Å². The van der Waals surface area contributed by atoms with Gasteiger partial charge in [0.15, 0.2) is 0 Å². The molecule has 0 saturated carbocycles. The molecule has 0 bridgehead atoms. The van der Waals surface area contributed by atoms with Crippen LogP contribution in [0.25, 0.3) is 0 Å². The van der Waals surface area contributed by atoms with Crippen molar-refractivity contribution in [1.29, 1.82) is 0 Å². The van der Waals surface area contributed by atoms with Crippen molar-refractivity contribution in [3.05, 3.63) is 202 Å². The summed E-state index contributed by atoms with van der Waals surface area (Å²) in [6.07, 6.45) is 0. The molecule has 4 aliphatic rings. The van der Waals surface area contributed by atoms with E-state index in [9.17, 15) is 0 Å². The molecule has 0 aliphatic carbocycles. The zero-order chi connectivity index (χ0) is 67.7. The molecule has 0 atom stereocenters. The van der Waals surface area contributed by atoms with Crippen LogP contribution in [0.3, 0.4) is 0 Å². The second-order valence-electron chi connectivity index (χ2n) is 35.6. The fraction of sp³-hybridized carbons (Fsp3) is 0.372. The molecule has 4 heterocycles. The molecule has 4 nitrogen and oxygen atoms in total. The molecule has 0 spiro atoms. The van der Waals surface area contributed by atoms with Crippen LogP contribution in [0.5, 0.6) is 23.0 Å². The Balaban J connectivity index is 1.17. The van der Waals surface area contributed by atoms with E-state index in [1.807, 2.05) is 23.5 Å². The van der Waals surface area contributed by atoms with Crippen LogP contribution in [0.2, 0.25) is 0 Å². The van der Waals surface area contributed by atoms with Crippen molar-refractivity contribution >= 4 is 104 Å². The van der Waals surface area contributed by atoms with Gasteiger partial charge in [-0.2, -0.15) is 0 Å². The lowest BCUT2D eigenvalue weighted by Crippen LogP contribution is -2.65. The zero-order valence-corrected chi connectivity index (χ0v) is 62.3. The van der Waals surface area contributed by atoms with Crippen molar-refractivity contribution in [2.45, 2.75) is 229 Å². The van der Waals surface area contributed by atoms with E-state index in [1.54, 1.807) is 0 Å². The Morgan fingerprint density at radius 1 is 0.255 bits per heavy atom. The highest BCUT2D eigenvalue weighted by atomic mass is 32.2. The molecule has 4 aliphatic heterocycles. The fourth-order valence-electron chi connectivity index (χ4n) is 14.5. The predicted octanol–water partition coefficient (Wildman–Crippen LogP) is 21.2. The molecule has 13 rings (SSSR count). The second kappa shape index (κ2) is 22.3. The first kappa shape index (κ1) is 65.7. The van der Waals surface area contributed by atoms with E-state index in [2.05, 4.69) is 334 Å². The molecule has 94 heavy (non-hydrogen) atoms. The molecule has 482 valence electrons. The predicted molar refractivity (Wildman–Crippen MR) is 409 cm³/mol. The first-order valence-electron chi connectivity index (χ1n) is 34.3. The largest absolute Gasteiger partial charge is 0.457 e. The van der Waals surface area contributed by atoms with Crippen molar-refractivity contribution in [2.75, 3.05) is 9.80 Å². The molecule has 0 radical (unpaired) electrons. The second-order valence-corrected chi connectivity index (χ2v) is 37.8. The van der Waals surface area contributed by atoms with Crippen LogP contribution in [0.1, 0.15) is 211 Å². The summed E-state index contributed by atoms with van der Waals surface area (Å²) in [4.78, 5) is 10.3. The number of anilines is 6. The molecular weight excluding hydrogens is 1180 g/mol. The average molecular weight is 1280 g/mol. The molecular formula is C86H98B2N2O2S2. The summed E-state index contributed by atoms with van der Waals surface area (Å²) in [6, 6.07) is 61.3. The van der Waals surface area contributed by atoms with E-state index in [0.717, 1.165) is 57.1 Å². The van der Waals surface area contributed by atoms with Crippen LogP contribution in [-0.4, -0.2) is 13.4 Å². The van der Waals surface area contributed by atoms with Gasteiger partial charge in [0.2, 0.25) is 13.4 Å². The minimum atomic E-state index is -0.190. The highest BCUT2D eigenvalue weighted by molar-refractivity contribution is 8.00. The average Bonchev–Trinajstić information content (AvgIpc) is 0.688. The summed E-state index contributed by atoms with van der Waals surface area (Å²) in [5.41, 5.74) is 24.9. The molecule has 0 saturated heterocycles. The van der Waals surface area contributed by atoms with Gasteiger partial charge in [0.25, 0.3) is 0 Å². The highest BCUT2D eigenvalue weighted by Crippen LogP contribution is 2.52. The first-order valence-corrected chi connectivity index (χ1v) is 35.9. The minimum Gasteiger partial charge on any atom is -0.457 e. The third-order valence-corrected chi connectivity index (χ3v) is 22.3. The van der Waals surface area contributed by atoms with E-state index >= 15 is 0 Å². The van der Waals surface area contributed by atoms with E-state index in [4.69, 9.17) is 9.47 Å². The SMILES string of the molecule is CC(C)(C)c1ccc(Oc2cc3c4c(c2)N(c2ccc(C(C)(C)C)cc2)c2cc5c(cc2B4c2c(cc(C(C)(C)C)cc2C(C)(C)C)S3)B2c3c(cc(Oc4ccc(C(C)(C)C)cc4)cc3N5c3ccc(C(C)(C)C)cc3)Sc3cc(C(C)(C)C)cc(C(C)(C)C)c32)cc1. The van der Waals surface area contributed by atoms with Crippen LogP contribution in [0.15, 0.2) is 177 Å². The summed E-state index contributed by atoms with van der Waals surface area (Å²) >= 11 is 3.85. The number of benzene rings is 9. The standard InChI is InChI=1S/C86H98B2N2O2S2/c1-79(2,3)51-25-33-57(34-26-51)89-67-50-68-66(49-65(67)87-75-63(85(19,20)21)41-55(83(13,14)15)43-71(75)93-73-47-61(45-69(89)77(73)87)91-59-37-29-53(30-38-59)81(7,8)9)88-76-64(86(22,23)24)42-56(84(16,17)18)44-72(76)94-74-48-62(92-60-39-31-54(32-40-60)82(10,11)12)46-70(78(74)88)90(68)58-35-27-52(28-36-58)80(4,5)6/h25-50H,1-24H3. The van der Waals surface area contributed by atoms with E-state index < -0.39 is 0 Å². The van der Waals surface area contributed by atoms with Gasteiger partial charge in [-0.25, -0.2) is 0 Å². The van der Waals surface area contributed by atoms with Crippen LogP contribution < -0.4 is 52.1 Å². The lowest BCUT2D eigenvalue weighted by atomic mass is 9.30. The van der Waals surface area contributed by atoms with Crippen molar-refractivity contribution in [2.24, 2.45) is 0 Å². The van der Waals surface area contributed by atoms with Gasteiger partial charge in [0.1, 0.15) is 23.0 Å². The van der Waals surface area contributed by atoms with Crippen molar-refractivity contribution in [3.63, 3.8) is 0 Å². The van der Waals surface area contributed by atoms with Crippen molar-refractivity contribution in [1.82, 2.24) is 0 Å². The first-order chi connectivity index (χ1) is 43.6. The van der Waals surface area contributed by atoms with Gasteiger partial charge in [-0.1, -0.05) is 267 Å². The molecule has 0 fully saturated rings. The smallest absolute Gasteiger partial charge is 0.249 e. The maximum atomic E-state index is 7.19. The monoisotopic (exact) mass is 1280 g/mol. The minimum absolute atomic E-state index is 0.00974. The maximum Gasteiger partial charge on any atom is 0.249 e. The molecule has 9 aromatic carbocycles. The Hall–Kier alpha value is -6.99. The van der Waals surface area contributed by atoms with Gasteiger partial charge in [-0.3, -0.25) is 0 Å². The summed E-state index contributed by atoms with van der Waals surface area (Å²) in [5.74, 6) is 3.27. The van der Waals surface area contributed by atoms with Gasteiger partial charge in [0, 0.05) is 65.8 Å². The van der Waals surface area contributed by atoms with Gasteiger partial charge < -0.3 is 19.3 Å². The normalized spacial score (nSPS) is 14.6. The molecule has 8 heteroatoms. The summed E-state index contributed by atoms with van der Waals surface area (Å²) in [5, 5.41) is 0. The fourth-order valence-corrected chi connectivity index (χ4v) is 17.0. The Kier molecular flexibility index (Phi) is 15.6. The molecule has 0 amide bonds. The lowest BCUT2D eigenvalue weighted by molar-refractivity contribution is 0.480. The number of nitrogens with zero attached hydrogens (tertiary/aromatic N) is 2. The number of rotatable bonds is 6. The quantitative estimate of drug-likeness (QED) is 0.154. The third kappa shape index (κ3) is 11.9. The number of ether oxygens (including phenoxy) is 2. The van der Waals surface area contributed by atoms with E-state index in [-0.39, 0.29) is 56.7 Å². The number of fused-ring (bicyclic) bond motifs is 8. The van der Waals surface area contributed by atoms with Crippen LogP contribution >= 0.6 is 23.5 Å². The van der Waals surface area contributed by atoms with Gasteiger partial charge >= 0.3 is 0 Å². The highest BCUT2D eigenvalue weighted by Gasteiger charge is 2.49. The third-order valence-electron chi connectivity index (χ3n) is 20.1. The number of hydrogen-bond acceptors (Lipinski definition) is 6. The molecule has 0 unspecified atom stereocenters. The summed E-state index contributed by atoms with van der Waals surface area (Å²) in [6.45, 7) is 56.0. The Bertz CT molecular complexity index is 4200. The maximum absolute atomic E-state index is 7.19. The Labute approximate surface area is 573 Å². The van der Waals surface area contributed by atoms with Gasteiger partial charge in [-0.15, -0.1) is 0 Å². The van der Waals surface area contributed by atoms with Crippen LogP contribution in [0, 0.1) is 0 Å². The number of hydrogen-bond donors (Lipinski definition) is 0. The van der Waals surface area contributed by atoms with E-state index in [1.165, 1.54) is 96.9 Å². The molecule has 9 aromatic rings. The Morgan fingerprint density at radius 3 is 0.830 bits per heavy atom. The van der Waals surface area contributed by atoms with Gasteiger partial charge in [-0.05, 0) is 189 Å².